The van der Waals surface area contributed by atoms with Gasteiger partial charge in [-0.1, -0.05) is 19.1 Å². The number of aromatic amines is 1. The molecule has 0 spiro atoms. The minimum Gasteiger partial charge on any atom is -0.361 e. The molecule has 2 heterocycles. The van der Waals surface area contributed by atoms with Gasteiger partial charge in [-0.25, -0.2) is 0 Å². The van der Waals surface area contributed by atoms with E-state index in [1.807, 2.05) is 0 Å². The topological polar surface area (TPSA) is 19.0 Å². The lowest BCUT2D eigenvalue weighted by Crippen LogP contribution is -2.33. The number of hydrogen-bond donors (Lipinski definition) is 1. The zero-order valence-electron chi connectivity index (χ0n) is 10.7. The van der Waals surface area contributed by atoms with E-state index in [0.29, 0.717) is 6.04 Å². The van der Waals surface area contributed by atoms with Gasteiger partial charge in [0.2, 0.25) is 0 Å². The van der Waals surface area contributed by atoms with Gasteiger partial charge >= 0.3 is 0 Å². The fourth-order valence-corrected chi connectivity index (χ4v) is 3.04. The molecule has 0 saturated heterocycles. The summed E-state index contributed by atoms with van der Waals surface area (Å²) in [5, 5.41) is 1.47. The smallest absolute Gasteiger partial charge is 0.0460 e. The third kappa shape index (κ3) is 1.77. The molecule has 0 fully saturated rings. The summed E-state index contributed by atoms with van der Waals surface area (Å²) < 4.78 is 0. The summed E-state index contributed by atoms with van der Waals surface area (Å²) in [5.74, 6) is 0. The van der Waals surface area contributed by atoms with E-state index in [-0.39, 0.29) is 0 Å². The van der Waals surface area contributed by atoms with Gasteiger partial charge in [-0.15, -0.1) is 0 Å². The number of benzene rings is 1. The molecule has 2 nitrogen and oxygen atoms in total. The van der Waals surface area contributed by atoms with Crippen molar-refractivity contribution in [1.82, 2.24) is 9.88 Å². The third-order valence-electron chi connectivity index (χ3n) is 3.90. The summed E-state index contributed by atoms with van der Waals surface area (Å²) in [6, 6.07) is 7.27. The highest BCUT2D eigenvalue weighted by atomic mass is 15.1. The standard InChI is InChI=1S/C15H20N2/c1-3-7-17-10-12-5-4-6-14-15(12)13(9-16-14)8-11(17)2/h4-6,9,11,16H,3,7-8,10H2,1-2H3. The normalized spacial score (nSPS) is 20.7. The van der Waals surface area contributed by atoms with Gasteiger partial charge in [-0.2, -0.15) is 0 Å². The molecule has 1 aromatic carbocycles. The van der Waals surface area contributed by atoms with Crippen molar-refractivity contribution >= 4 is 10.9 Å². The molecule has 1 aliphatic heterocycles. The fourth-order valence-electron chi connectivity index (χ4n) is 3.04. The van der Waals surface area contributed by atoms with E-state index in [1.165, 1.54) is 35.0 Å². The zero-order chi connectivity index (χ0) is 11.8. The molecular formula is C15H20N2. The van der Waals surface area contributed by atoms with Gasteiger partial charge in [0.25, 0.3) is 0 Å². The molecule has 1 atom stereocenters. The Hall–Kier alpha value is -1.28. The molecule has 17 heavy (non-hydrogen) atoms. The average Bonchev–Trinajstić information content (AvgIpc) is 2.66. The quantitative estimate of drug-likeness (QED) is 0.835. The van der Waals surface area contributed by atoms with Crippen LogP contribution in [0.4, 0.5) is 0 Å². The fraction of sp³-hybridized carbons (Fsp3) is 0.467. The molecule has 1 N–H and O–H groups in total. The minimum atomic E-state index is 0.640. The van der Waals surface area contributed by atoms with Crippen LogP contribution in [0.25, 0.3) is 10.9 Å². The first-order valence-electron chi connectivity index (χ1n) is 6.61. The van der Waals surface area contributed by atoms with Crippen molar-refractivity contribution in [1.29, 1.82) is 0 Å². The Morgan fingerprint density at radius 1 is 1.35 bits per heavy atom. The molecular weight excluding hydrogens is 208 g/mol. The number of aromatic nitrogens is 1. The van der Waals surface area contributed by atoms with Crippen LogP contribution < -0.4 is 0 Å². The van der Waals surface area contributed by atoms with Crippen LogP contribution in [0.15, 0.2) is 24.4 Å². The highest BCUT2D eigenvalue weighted by molar-refractivity contribution is 5.87. The summed E-state index contributed by atoms with van der Waals surface area (Å²) in [7, 11) is 0. The maximum atomic E-state index is 3.40. The van der Waals surface area contributed by atoms with Crippen LogP contribution in [0, 0.1) is 0 Å². The Labute approximate surface area is 103 Å². The van der Waals surface area contributed by atoms with Crippen molar-refractivity contribution in [2.75, 3.05) is 6.54 Å². The van der Waals surface area contributed by atoms with Crippen LogP contribution in [0.5, 0.6) is 0 Å². The van der Waals surface area contributed by atoms with E-state index in [2.05, 4.69) is 48.1 Å². The maximum absolute atomic E-state index is 3.40. The van der Waals surface area contributed by atoms with Crippen molar-refractivity contribution < 1.29 is 0 Å². The Balaban J connectivity index is 2.08. The molecule has 0 aliphatic carbocycles. The summed E-state index contributed by atoms with van der Waals surface area (Å²) >= 11 is 0. The van der Waals surface area contributed by atoms with Gasteiger partial charge in [-0.3, -0.25) is 4.90 Å². The van der Waals surface area contributed by atoms with Gasteiger partial charge in [0, 0.05) is 29.7 Å². The van der Waals surface area contributed by atoms with Gasteiger partial charge in [0.1, 0.15) is 0 Å². The Bertz CT molecular complexity index is 527. The van der Waals surface area contributed by atoms with Crippen molar-refractivity contribution in [3.8, 4) is 0 Å². The number of H-pyrrole nitrogens is 1. The maximum Gasteiger partial charge on any atom is 0.0460 e. The van der Waals surface area contributed by atoms with Crippen LogP contribution in [0.1, 0.15) is 31.4 Å². The first-order valence-corrected chi connectivity index (χ1v) is 6.61. The first-order chi connectivity index (χ1) is 8.29. The molecule has 1 aromatic heterocycles. The predicted molar refractivity (Wildman–Crippen MR) is 72.2 cm³/mol. The summed E-state index contributed by atoms with van der Waals surface area (Å²) in [5.41, 5.74) is 4.27. The predicted octanol–water partition coefficient (Wildman–Crippen LogP) is 3.32. The summed E-state index contributed by atoms with van der Waals surface area (Å²) in [4.78, 5) is 6.00. The molecule has 2 aromatic rings. The number of rotatable bonds is 2. The van der Waals surface area contributed by atoms with Gasteiger partial charge in [0.15, 0.2) is 0 Å². The highest BCUT2D eigenvalue weighted by Gasteiger charge is 2.21. The Morgan fingerprint density at radius 2 is 2.24 bits per heavy atom. The average molecular weight is 228 g/mol. The molecule has 0 amide bonds. The minimum absolute atomic E-state index is 0.640. The number of nitrogens with one attached hydrogen (secondary N) is 1. The van der Waals surface area contributed by atoms with E-state index < -0.39 is 0 Å². The largest absolute Gasteiger partial charge is 0.361 e. The lowest BCUT2D eigenvalue weighted by atomic mass is 10.0. The van der Waals surface area contributed by atoms with Crippen molar-refractivity contribution in [2.24, 2.45) is 0 Å². The summed E-state index contributed by atoms with van der Waals surface area (Å²) in [6.45, 7) is 6.90. The molecule has 90 valence electrons. The first kappa shape index (κ1) is 10.8. The Morgan fingerprint density at radius 3 is 3.06 bits per heavy atom. The SMILES string of the molecule is CCCN1Cc2cccc3[nH]cc(c23)CC1C. The van der Waals surface area contributed by atoms with E-state index >= 15 is 0 Å². The van der Waals surface area contributed by atoms with Gasteiger partial charge in [0.05, 0.1) is 0 Å². The van der Waals surface area contributed by atoms with Crippen LogP contribution in [-0.4, -0.2) is 22.5 Å². The highest BCUT2D eigenvalue weighted by Crippen LogP contribution is 2.29. The molecule has 0 bridgehead atoms. The molecule has 2 heteroatoms. The van der Waals surface area contributed by atoms with Crippen molar-refractivity contribution in [3.05, 3.63) is 35.5 Å². The lowest BCUT2D eigenvalue weighted by Gasteiger charge is -2.26. The molecule has 1 unspecified atom stereocenters. The van der Waals surface area contributed by atoms with E-state index in [1.54, 1.807) is 0 Å². The van der Waals surface area contributed by atoms with E-state index in [0.717, 1.165) is 13.0 Å². The van der Waals surface area contributed by atoms with Crippen LogP contribution >= 0.6 is 0 Å². The van der Waals surface area contributed by atoms with Crippen LogP contribution in [-0.2, 0) is 13.0 Å². The lowest BCUT2D eigenvalue weighted by molar-refractivity contribution is 0.203. The molecule has 1 aliphatic rings. The molecule has 3 rings (SSSR count). The number of nitrogens with zero attached hydrogens (tertiary/aromatic N) is 1. The second-order valence-electron chi connectivity index (χ2n) is 5.18. The molecule has 0 saturated carbocycles. The Kier molecular flexibility index (Phi) is 2.67. The van der Waals surface area contributed by atoms with Crippen LogP contribution in [0.3, 0.4) is 0 Å². The van der Waals surface area contributed by atoms with E-state index in [9.17, 15) is 0 Å². The monoisotopic (exact) mass is 228 g/mol. The molecule has 0 radical (unpaired) electrons. The second kappa shape index (κ2) is 4.19. The van der Waals surface area contributed by atoms with E-state index in [4.69, 9.17) is 0 Å². The second-order valence-corrected chi connectivity index (χ2v) is 5.18. The van der Waals surface area contributed by atoms with Gasteiger partial charge in [-0.05, 0) is 43.5 Å². The van der Waals surface area contributed by atoms with Gasteiger partial charge < -0.3 is 4.98 Å². The van der Waals surface area contributed by atoms with Crippen LogP contribution in [0.2, 0.25) is 0 Å². The summed E-state index contributed by atoms with van der Waals surface area (Å²) in [6.07, 6.45) is 4.59. The number of hydrogen-bond acceptors (Lipinski definition) is 1. The van der Waals surface area contributed by atoms with Crippen molar-refractivity contribution in [3.63, 3.8) is 0 Å². The van der Waals surface area contributed by atoms with Crippen molar-refractivity contribution in [2.45, 2.75) is 39.3 Å². The third-order valence-corrected chi connectivity index (χ3v) is 3.90. The zero-order valence-corrected chi connectivity index (χ0v) is 10.7.